The lowest BCUT2D eigenvalue weighted by Gasteiger charge is -2.38. The van der Waals surface area contributed by atoms with Crippen molar-refractivity contribution < 1.29 is 26.7 Å². The number of aromatic nitrogens is 1. The zero-order chi connectivity index (χ0) is 29.4. The fraction of sp³-hybridized carbons (Fsp3) is 0.400. The van der Waals surface area contributed by atoms with Gasteiger partial charge < -0.3 is 15.0 Å². The first-order valence-corrected chi connectivity index (χ1v) is 15.4. The number of likely N-dealkylation sites (tertiary alicyclic amines) is 1. The molecule has 1 aliphatic heterocycles. The van der Waals surface area contributed by atoms with Crippen molar-refractivity contribution in [3.05, 3.63) is 78.0 Å². The monoisotopic (exact) mass is 603 g/mol. The van der Waals surface area contributed by atoms with E-state index in [1.165, 1.54) is 12.3 Å². The molecule has 228 valence electrons. The third-order valence-electron chi connectivity index (χ3n) is 6.78. The van der Waals surface area contributed by atoms with E-state index in [2.05, 4.69) is 26.8 Å². The number of ether oxygens (including phenoxy) is 1. The van der Waals surface area contributed by atoms with E-state index in [1.807, 2.05) is 24.3 Å². The first-order valence-electron chi connectivity index (χ1n) is 13.6. The summed E-state index contributed by atoms with van der Waals surface area (Å²) in [5, 5.41) is 2.62. The average Bonchev–Trinajstić information content (AvgIpc) is 2.93. The third-order valence-corrected chi connectivity index (χ3v) is 7.38. The molecular weight excluding hydrogens is 564 g/mol. The molecule has 0 saturated carbocycles. The highest BCUT2D eigenvalue weighted by atomic mass is 32.2. The van der Waals surface area contributed by atoms with Gasteiger partial charge in [0.1, 0.15) is 17.4 Å². The van der Waals surface area contributed by atoms with Crippen molar-refractivity contribution in [3.8, 4) is 11.6 Å². The van der Waals surface area contributed by atoms with Gasteiger partial charge in [-0.1, -0.05) is 32.9 Å². The number of nitrogens with zero attached hydrogens (tertiary/aromatic N) is 3. The second-order valence-electron chi connectivity index (χ2n) is 10.1. The summed E-state index contributed by atoms with van der Waals surface area (Å²) < 4.78 is 58.2. The smallest absolute Gasteiger partial charge is 0.322 e. The molecule has 0 radical (unpaired) electrons. The van der Waals surface area contributed by atoms with Crippen LogP contribution in [0.3, 0.4) is 0 Å². The van der Waals surface area contributed by atoms with Crippen LogP contribution in [-0.4, -0.2) is 61.2 Å². The summed E-state index contributed by atoms with van der Waals surface area (Å²) in [6.07, 6.45) is 5.81. The molecule has 4 rings (SSSR count). The van der Waals surface area contributed by atoms with Crippen molar-refractivity contribution in [3.63, 3.8) is 0 Å². The van der Waals surface area contributed by atoms with Crippen LogP contribution in [0.1, 0.15) is 45.6 Å². The van der Waals surface area contributed by atoms with Crippen LogP contribution in [-0.2, 0) is 16.6 Å². The molecule has 3 aromatic rings. The molecule has 12 heteroatoms. The van der Waals surface area contributed by atoms with Gasteiger partial charge in [-0.15, -0.1) is 0 Å². The maximum absolute atomic E-state index is 14.1. The van der Waals surface area contributed by atoms with Crippen LogP contribution in [0.5, 0.6) is 11.6 Å². The normalized spacial score (nSPS) is 14.1. The number of urea groups is 1. The number of sulfonamides is 1. The van der Waals surface area contributed by atoms with E-state index in [1.54, 1.807) is 17.0 Å². The highest BCUT2D eigenvalue weighted by molar-refractivity contribution is 7.92. The molecule has 2 heterocycles. The summed E-state index contributed by atoms with van der Waals surface area (Å²) in [4.78, 5) is 21.3. The van der Waals surface area contributed by atoms with Crippen molar-refractivity contribution >= 4 is 27.4 Å². The molecule has 0 aliphatic carbocycles. The number of carbonyl (C=O) groups is 1. The van der Waals surface area contributed by atoms with Gasteiger partial charge in [-0.2, -0.15) is 0 Å². The number of nitrogens with one attached hydrogen (secondary N) is 2. The van der Waals surface area contributed by atoms with Crippen molar-refractivity contribution in [1.82, 2.24) is 14.8 Å². The standard InChI is InChI=1S/C29H35F2N5O4S.CH4/c1-3-4-15-36(29(37)33-27-11-7-22(30)18-26(27)31)24-13-16-35(17-14-24)20-21-5-9-25(10-6-21)40-28-12-8-23(19-32-28)34-41(2,38)39;/h5-12,18-19,24,34H,3-4,13-17,20H2,1-2H3,(H,33,37);1H4. The fourth-order valence-corrected chi connectivity index (χ4v) is 5.25. The quantitative estimate of drug-likeness (QED) is 0.261. The van der Waals surface area contributed by atoms with Gasteiger partial charge in [0.15, 0.2) is 0 Å². The van der Waals surface area contributed by atoms with Gasteiger partial charge in [-0.05, 0) is 55.2 Å². The lowest BCUT2D eigenvalue weighted by atomic mass is 10.0. The van der Waals surface area contributed by atoms with Crippen LogP contribution < -0.4 is 14.8 Å². The molecule has 2 N–H and O–H groups in total. The van der Waals surface area contributed by atoms with Crippen molar-refractivity contribution in [2.24, 2.45) is 0 Å². The molecule has 0 spiro atoms. The topological polar surface area (TPSA) is 104 Å². The lowest BCUT2D eigenvalue weighted by molar-refractivity contribution is 0.122. The van der Waals surface area contributed by atoms with Gasteiger partial charge in [0.2, 0.25) is 15.9 Å². The molecule has 0 unspecified atom stereocenters. The van der Waals surface area contributed by atoms with E-state index in [4.69, 9.17) is 4.74 Å². The number of benzene rings is 2. The summed E-state index contributed by atoms with van der Waals surface area (Å²) >= 11 is 0. The summed E-state index contributed by atoms with van der Waals surface area (Å²) in [6, 6.07) is 13.7. The second-order valence-corrected chi connectivity index (χ2v) is 11.9. The predicted molar refractivity (Wildman–Crippen MR) is 161 cm³/mol. The number of anilines is 2. The average molecular weight is 604 g/mol. The molecule has 0 bridgehead atoms. The molecule has 1 fully saturated rings. The van der Waals surface area contributed by atoms with Gasteiger partial charge in [0.05, 0.1) is 23.8 Å². The third kappa shape index (κ3) is 9.66. The van der Waals surface area contributed by atoms with E-state index in [0.29, 0.717) is 23.9 Å². The number of unbranched alkanes of at least 4 members (excludes halogenated alkanes) is 1. The first kappa shape index (κ1) is 32.7. The maximum atomic E-state index is 14.1. The minimum atomic E-state index is -3.37. The Balaban J connectivity index is 0.00000484. The van der Waals surface area contributed by atoms with Gasteiger partial charge in [0.25, 0.3) is 0 Å². The highest BCUT2D eigenvalue weighted by Gasteiger charge is 2.28. The molecule has 2 aromatic carbocycles. The number of piperidine rings is 1. The summed E-state index contributed by atoms with van der Waals surface area (Å²) in [6.45, 7) is 4.99. The summed E-state index contributed by atoms with van der Waals surface area (Å²) in [5.74, 6) is -0.529. The molecule has 1 aromatic heterocycles. The summed E-state index contributed by atoms with van der Waals surface area (Å²) in [7, 11) is -3.37. The minimum Gasteiger partial charge on any atom is -0.439 e. The Kier molecular flexibility index (Phi) is 11.6. The van der Waals surface area contributed by atoms with Gasteiger partial charge in [-0.3, -0.25) is 9.62 Å². The van der Waals surface area contributed by atoms with E-state index >= 15 is 0 Å². The largest absolute Gasteiger partial charge is 0.439 e. The van der Waals surface area contributed by atoms with Crippen molar-refractivity contribution in [2.45, 2.75) is 52.6 Å². The molecule has 9 nitrogen and oxygen atoms in total. The molecule has 42 heavy (non-hydrogen) atoms. The van der Waals surface area contributed by atoms with Crippen molar-refractivity contribution in [1.29, 1.82) is 0 Å². The van der Waals surface area contributed by atoms with Crippen LogP contribution in [0.15, 0.2) is 60.8 Å². The Bertz CT molecular complexity index is 1410. The number of hydrogen-bond donors (Lipinski definition) is 2. The Hall–Kier alpha value is -3.77. The van der Waals surface area contributed by atoms with Crippen LogP contribution in [0.2, 0.25) is 0 Å². The first-order chi connectivity index (χ1) is 19.6. The van der Waals surface area contributed by atoms with Crippen LogP contribution in [0.25, 0.3) is 0 Å². The number of rotatable bonds is 11. The van der Waals surface area contributed by atoms with Gasteiger partial charge >= 0.3 is 6.03 Å². The minimum absolute atomic E-state index is 0. The van der Waals surface area contributed by atoms with E-state index in [9.17, 15) is 22.0 Å². The lowest BCUT2D eigenvalue weighted by Crippen LogP contribution is -2.49. The van der Waals surface area contributed by atoms with E-state index < -0.39 is 21.7 Å². The number of halogens is 2. The number of carbonyl (C=O) groups excluding carboxylic acids is 1. The maximum Gasteiger partial charge on any atom is 0.322 e. The van der Waals surface area contributed by atoms with E-state index in [-0.39, 0.29) is 25.2 Å². The number of hydrogen-bond acceptors (Lipinski definition) is 6. The van der Waals surface area contributed by atoms with Gasteiger partial charge in [0, 0.05) is 44.4 Å². The van der Waals surface area contributed by atoms with Crippen LogP contribution in [0.4, 0.5) is 25.0 Å². The number of amides is 2. The summed E-state index contributed by atoms with van der Waals surface area (Å²) in [5.41, 5.74) is 1.44. The van der Waals surface area contributed by atoms with E-state index in [0.717, 1.165) is 69.3 Å². The zero-order valence-electron chi connectivity index (χ0n) is 23.1. The Morgan fingerprint density at radius 2 is 1.81 bits per heavy atom. The highest BCUT2D eigenvalue weighted by Crippen LogP contribution is 2.24. The number of pyridine rings is 1. The van der Waals surface area contributed by atoms with Gasteiger partial charge in [-0.25, -0.2) is 27.0 Å². The molecule has 0 atom stereocenters. The molecular formula is C30H39F2N5O4S. The Labute approximate surface area is 246 Å². The van der Waals surface area contributed by atoms with Crippen LogP contribution >= 0.6 is 0 Å². The predicted octanol–water partition coefficient (Wildman–Crippen LogP) is 6.46. The fourth-order valence-electron chi connectivity index (χ4n) is 4.70. The molecule has 1 aliphatic rings. The van der Waals surface area contributed by atoms with Crippen LogP contribution in [0, 0.1) is 11.6 Å². The molecule has 1 saturated heterocycles. The SMILES string of the molecule is C.CCCCN(C(=O)Nc1ccc(F)cc1F)C1CCN(Cc2ccc(Oc3ccc(NS(C)(=O)=O)cn3)cc2)CC1. The van der Waals surface area contributed by atoms with Crippen molar-refractivity contribution in [2.75, 3.05) is 35.9 Å². The zero-order valence-corrected chi connectivity index (χ0v) is 24.0. The second kappa shape index (κ2) is 14.9. The Morgan fingerprint density at radius 3 is 2.40 bits per heavy atom. The molecule has 2 amide bonds. The Morgan fingerprint density at radius 1 is 1.10 bits per heavy atom.